The Balaban J connectivity index is 2.48. The van der Waals surface area contributed by atoms with Gasteiger partial charge in [-0.2, -0.15) is 0 Å². The molecule has 2 rings (SSSR count). The van der Waals surface area contributed by atoms with Crippen LogP contribution in [0, 0.1) is 6.92 Å². The van der Waals surface area contributed by atoms with E-state index in [2.05, 4.69) is 4.98 Å². The summed E-state index contributed by atoms with van der Waals surface area (Å²) in [4.78, 5) is 14.6. The van der Waals surface area contributed by atoms with Gasteiger partial charge >= 0.3 is 5.97 Å². The molecule has 0 aliphatic rings. The number of pyridine rings is 1. The van der Waals surface area contributed by atoms with Gasteiger partial charge in [0.2, 0.25) is 0 Å². The number of carbonyl (C=O) groups is 1. The molecule has 0 aliphatic heterocycles. The van der Waals surface area contributed by atoms with Gasteiger partial charge in [0.25, 0.3) is 0 Å². The van der Waals surface area contributed by atoms with Gasteiger partial charge in [0.15, 0.2) is 0 Å². The van der Waals surface area contributed by atoms with Crippen LogP contribution in [-0.4, -0.2) is 20.5 Å². The van der Waals surface area contributed by atoms with E-state index in [0.29, 0.717) is 5.69 Å². The average molecular weight is 202 g/mol. The number of fused-ring (bicyclic) bond motifs is 1. The molecule has 0 aromatic carbocycles. The SMILES string of the molecule is Cc1cccn2cc(/C=C/C(=O)O)nc12. The summed E-state index contributed by atoms with van der Waals surface area (Å²) >= 11 is 0. The van der Waals surface area contributed by atoms with Gasteiger partial charge in [0.1, 0.15) is 5.65 Å². The van der Waals surface area contributed by atoms with Crippen molar-refractivity contribution in [1.29, 1.82) is 0 Å². The van der Waals surface area contributed by atoms with E-state index in [0.717, 1.165) is 17.3 Å². The lowest BCUT2D eigenvalue weighted by molar-refractivity contribution is -0.131. The van der Waals surface area contributed by atoms with Gasteiger partial charge in [0, 0.05) is 18.5 Å². The highest BCUT2D eigenvalue weighted by atomic mass is 16.4. The van der Waals surface area contributed by atoms with Crippen molar-refractivity contribution >= 4 is 17.7 Å². The van der Waals surface area contributed by atoms with Crippen molar-refractivity contribution in [2.75, 3.05) is 0 Å². The molecule has 0 fully saturated rings. The maximum atomic E-state index is 10.3. The molecule has 1 N–H and O–H groups in total. The first-order chi connectivity index (χ1) is 7.16. The van der Waals surface area contributed by atoms with Crippen LogP contribution in [0.3, 0.4) is 0 Å². The zero-order valence-corrected chi connectivity index (χ0v) is 8.21. The number of carboxylic acids is 1. The Labute approximate surface area is 86.5 Å². The maximum absolute atomic E-state index is 10.3. The summed E-state index contributed by atoms with van der Waals surface area (Å²) in [6.07, 6.45) is 6.24. The zero-order valence-electron chi connectivity index (χ0n) is 8.21. The van der Waals surface area contributed by atoms with Gasteiger partial charge in [-0.3, -0.25) is 0 Å². The maximum Gasteiger partial charge on any atom is 0.328 e. The first kappa shape index (κ1) is 9.45. The summed E-state index contributed by atoms with van der Waals surface area (Å²) in [5.74, 6) is -0.969. The molecule has 15 heavy (non-hydrogen) atoms. The van der Waals surface area contributed by atoms with Gasteiger partial charge in [-0.05, 0) is 24.6 Å². The number of imidazole rings is 1. The van der Waals surface area contributed by atoms with Gasteiger partial charge in [-0.25, -0.2) is 9.78 Å². The average Bonchev–Trinajstić information content (AvgIpc) is 2.59. The molecule has 0 radical (unpaired) electrons. The first-order valence-electron chi connectivity index (χ1n) is 4.52. The van der Waals surface area contributed by atoms with Gasteiger partial charge in [0.05, 0.1) is 5.69 Å². The second-order valence-electron chi connectivity index (χ2n) is 3.26. The fraction of sp³-hybridized carbons (Fsp3) is 0.0909. The van der Waals surface area contributed by atoms with Crippen molar-refractivity contribution in [3.63, 3.8) is 0 Å². The number of nitrogens with zero attached hydrogens (tertiary/aromatic N) is 2. The van der Waals surface area contributed by atoms with Crippen molar-refractivity contribution in [3.8, 4) is 0 Å². The molecule has 0 atom stereocenters. The molecule has 2 aromatic heterocycles. The van der Waals surface area contributed by atoms with Crippen LogP contribution in [-0.2, 0) is 4.79 Å². The molecular weight excluding hydrogens is 192 g/mol. The van der Waals surface area contributed by atoms with E-state index in [4.69, 9.17) is 5.11 Å². The van der Waals surface area contributed by atoms with E-state index >= 15 is 0 Å². The second-order valence-corrected chi connectivity index (χ2v) is 3.26. The predicted molar refractivity (Wildman–Crippen MR) is 56.6 cm³/mol. The van der Waals surface area contributed by atoms with Crippen molar-refractivity contribution in [1.82, 2.24) is 9.38 Å². The smallest absolute Gasteiger partial charge is 0.328 e. The van der Waals surface area contributed by atoms with Crippen molar-refractivity contribution in [2.24, 2.45) is 0 Å². The third-order valence-electron chi connectivity index (χ3n) is 2.09. The highest BCUT2D eigenvalue weighted by Crippen LogP contribution is 2.10. The summed E-state index contributed by atoms with van der Waals surface area (Å²) in [6, 6.07) is 3.89. The zero-order chi connectivity index (χ0) is 10.8. The molecule has 76 valence electrons. The van der Waals surface area contributed by atoms with Crippen molar-refractivity contribution in [2.45, 2.75) is 6.92 Å². The molecular formula is C11H10N2O2. The number of carboxylic acid groups (broad SMARTS) is 1. The van der Waals surface area contributed by atoms with E-state index in [1.165, 1.54) is 6.08 Å². The van der Waals surface area contributed by atoms with Gasteiger partial charge in [-0.1, -0.05) is 6.07 Å². The van der Waals surface area contributed by atoms with Crippen LogP contribution in [0.4, 0.5) is 0 Å². The van der Waals surface area contributed by atoms with Crippen LogP contribution >= 0.6 is 0 Å². The van der Waals surface area contributed by atoms with E-state index in [1.54, 1.807) is 6.20 Å². The van der Waals surface area contributed by atoms with E-state index in [9.17, 15) is 4.79 Å². The highest BCUT2D eigenvalue weighted by molar-refractivity contribution is 5.85. The Kier molecular flexibility index (Phi) is 2.25. The number of aliphatic carboxylic acids is 1. The summed E-state index contributed by atoms with van der Waals surface area (Å²) in [5.41, 5.74) is 2.56. The Morgan fingerprint density at radius 1 is 1.60 bits per heavy atom. The fourth-order valence-corrected chi connectivity index (χ4v) is 1.41. The largest absolute Gasteiger partial charge is 0.478 e. The standard InChI is InChI=1S/C11H10N2O2/c1-8-3-2-6-13-7-9(12-11(8)13)4-5-10(14)15/h2-7H,1H3,(H,14,15)/b5-4+. The van der Waals surface area contributed by atoms with Crippen LogP contribution in [0.5, 0.6) is 0 Å². The molecule has 0 amide bonds. The van der Waals surface area contributed by atoms with Crippen LogP contribution in [0.2, 0.25) is 0 Å². The van der Waals surface area contributed by atoms with Gasteiger partial charge < -0.3 is 9.51 Å². The molecule has 4 heteroatoms. The van der Waals surface area contributed by atoms with Crippen molar-refractivity contribution in [3.05, 3.63) is 41.9 Å². The molecule has 0 saturated heterocycles. The van der Waals surface area contributed by atoms with E-state index < -0.39 is 5.97 Å². The van der Waals surface area contributed by atoms with Crippen LogP contribution in [0.1, 0.15) is 11.3 Å². The number of hydrogen-bond acceptors (Lipinski definition) is 2. The lowest BCUT2D eigenvalue weighted by atomic mass is 10.3. The van der Waals surface area contributed by atoms with E-state index in [-0.39, 0.29) is 0 Å². The topological polar surface area (TPSA) is 54.6 Å². The molecule has 0 unspecified atom stereocenters. The quantitative estimate of drug-likeness (QED) is 0.754. The molecule has 2 aromatic rings. The molecule has 0 aliphatic carbocycles. The number of hydrogen-bond donors (Lipinski definition) is 1. The minimum absolute atomic E-state index is 0.645. The van der Waals surface area contributed by atoms with Crippen molar-refractivity contribution < 1.29 is 9.90 Å². The predicted octanol–water partition coefficient (Wildman–Crippen LogP) is 1.74. The van der Waals surface area contributed by atoms with Crippen LogP contribution in [0.25, 0.3) is 11.7 Å². The molecule has 0 saturated carbocycles. The molecule has 4 nitrogen and oxygen atoms in total. The second kappa shape index (κ2) is 3.57. The Hall–Kier alpha value is -2.10. The third kappa shape index (κ3) is 1.88. The minimum atomic E-state index is -0.969. The monoisotopic (exact) mass is 202 g/mol. The molecule has 2 heterocycles. The lowest BCUT2D eigenvalue weighted by Crippen LogP contribution is -1.85. The third-order valence-corrected chi connectivity index (χ3v) is 2.09. The summed E-state index contributed by atoms with van der Waals surface area (Å²) in [6.45, 7) is 1.97. The number of aryl methyl sites for hydroxylation is 1. The normalized spacial score (nSPS) is 11.3. The lowest BCUT2D eigenvalue weighted by Gasteiger charge is -1.93. The number of rotatable bonds is 2. The van der Waals surface area contributed by atoms with Gasteiger partial charge in [-0.15, -0.1) is 0 Å². The minimum Gasteiger partial charge on any atom is -0.478 e. The number of aromatic nitrogens is 2. The Morgan fingerprint density at radius 2 is 2.40 bits per heavy atom. The molecule has 0 spiro atoms. The summed E-state index contributed by atoms with van der Waals surface area (Å²) < 4.78 is 1.87. The fourth-order valence-electron chi connectivity index (χ4n) is 1.41. The highest BCUT2D eigenvalue weighted by Gasteiger charge is 2.00. The van der Waals surface area contributed by atoms with Crippen LogP contribution in [0.15, 0.2) is 30.6 Å². The summed E-state index contributed by atoms with van der Waals surface area (Å²) in [7, 11) is 0. The Bertz CT molecular complexity index is 541. The first-order valence-corrected chi connectivity index (χ1v) is 4.52. The Morgan fingerprint density at radius 3 is 3.07 bits per heavy atom. The summed E-state index contributed by atoms with van der Waals surface area (Å²) in [5, 5.41) is 8.48. The van der Waals surface area contributed by atoms with Crippen LogP contribution < -0.4 is 0 Å². The van der Waals surface area contributed by atoms with E-state index in [1.807, 2.05) is 29.7 Å². The molecule has 0 bridgehead atoms.